The second-order valence-electron chi connectivity index (χ2n) is 25.0. The number of aromatic amines is 1. The highest BCUT2D eigenvalue weighted by molar-refractivity contribution is 7.13. The van der Waals surface area contributed by atoms with Crippen LogP contribution in [0.2, 0.25) is 0 Å². The zero-order valence-corrected chi connectivity index (χ0v) is 54.3. The van der Waals surface area contributed by atoms with Crippen LogP contribution in [0.4, 0.5) is 5.69 Å². The van der Waals surface area contributed by atoms with Gasteiger partial charge in [-0.05, 0) is 136 Å². The van der Waals surface area contributed by atoms with Gasteiger partial charge < -0.3 is 55.4 Å². The Balaban J connectivity index is 0.682. The van der Waals surface area contributed by atoms with E-state index >= 15 is 0 Å². The second kappa shape index (κ2) is 32.8. The summed E-state index contributed by atoms with van der Waals surface area (Å²) in [5, 5.41) is 22.5. The number of anilines is 1. The van der Waals surface area contributed by atoms with Crippen molar-refractivity contribution in [2.24, 2.45) is 5.41 Å². The van der Waals surface area contributed by atoms with E-state index in [1.54, 1.807) is 11.3 Å². The summed E-state index contributed by atoms with van der Waals surface area (Å²) < 4.78 is 17.2. The molecule has 0 bridgehead atoms. The zero-order valence-electron chi connectivity index (χ0n) is 53.5. The van der Waals surface area contributed by atoms with Gasteiger partial charge in [-0.3, -0.25) is 38.6 Å². The van der Waals surface area contributed by atoms with Crippen LogP contribution < -0.4 is 31.7 Å². The first kappa shape index (κ1) is 68.1. The monoisotopic (exact) mass is 1240 g/mol. The van der Waals surface area contributed by atoms with Crippen LogP contribution >= 0.6 is 11.3 Å². The maximum Gasteiger partial charge on any atom is 0.253 e. The van der Waals surface area contributed by atoms with Crippen molar-refractivity contribution < 1.29 is 43.3 Å². The topological polar surface area (TPSA) is 240 Å². The molecule has 5 amide bonds. The first-order valence-electron chi connectivity index (χ1n) is 31.7. The van der Waals surface area contributed by atoms with Crippen molar-refractivity contribution in [3.63, 3.8) is 0 Å². The number of nitrogens with one attached hydrogen (secondary N) is 5. The number of unbranched alkanes of at least 4 members (excludes halogenated alkanes) is 2. The molecule has 3 fully saturated rings. The van der Waals surface area contributed by atoms with E-state index < -0.39 is 35.4 Å². The fourth-order valence-corrected chi connectivity index (χ4v) is 12.9. The summed E-state index contributed by atoms with van der Waals surface area (Å²) in [6.07, 6.45) is 4.26. The summed E-state index contributed by atoms with van der Waals surface area (Å²) in [6, 6.07) is 21.1. The Morgan fingerprint density at radius 2 is 1.48 bits per heavy atom. The molecule has 2 aromatic heterocycles. The van der Waals surface area contributed by atoms with Gasteiger partial charge in [-0.15, -0.1) is 11.3 Å². The number of rotatable bonds is 29. The highest BCUT2D eigenvalue weighted by atomic mass is 32.1. The molecule has 0 radical (unpaired) electrons. The normalized spacial score (nSPS) is 17.1. The van der Waals surface area contributed by atoms with Gasteiger partial charge in [0.15, 0.2) is 0 Å². The summed E-state index contributed by atoms with van der Waals surface area (Å²) in [5.41, 5.74) is 11.7. The van der Waals surface area contributed by atoms with Crippen molar-refractivity contribution >= 4 is 46.6 Å². The predicted octanol–water partition coefficient (Wildman–Crippen LogP) is 6.97. The highest BCUT2D eigenvalue weighted by Gasteiger charge is 2.44. The molecule has 6 N–H and O–H groups in total. The standard InChI is InChI=1S/C68H94N10O10S/c1-9-77(54-22-32-87-33-23-54)58-36-53(35-56(47(58)4)64(82)71-39-57-45(2)34-46(3)73-65(57)83)51-18-16-50(17-19-51)40-75-25-27-76(28-26-75)42-60(80)69-24-11-10-12-29-86-30-13-31-88-43-61(81)74-63(68(6,7)8)67(85)78-41-55(79)37-59(78)66(84)70-38-49-14-20-52(21-15-49)62-48(5)72-44-89-62/h14-21,34-36,44,54-55,59,63,79H,9-13,22-33,37-43H2,1-8H3,(H,69,80)(H,70,84)(H,71,82)(H,73,83)(H,74,81)/t55-,59+,63-/m1/s1. The van der Waals surface area contributed by atoms with E-state index in [1.807, 2.05) is 90.4 Å². The number of aliphatic hydroxyl groups excluding tert-OH is 1. The number of carbonyl (C=O) groups excluding carboxylic acids is 5. The molecule has 0 aliphatic carbocycles. The van der Waals surface area contributed by atoms with E-state index in [0.717, 1.165) is 127 Å². The third-order valence-corrected chi connectivity index (χ3v) is 18.1. The molecule has 0 spiro atoms. The number of hydrogen-bond donors (Lipinski definition) is 6. The van der Waals surface area contributed by atoms with Crippen molar-refractivity contribution in [1.29, 1.82) is 0 Å². The van der Waals surface area contributed by atoms with Gasteiger partial charge in [0.05, 0.1) is 28.7 Å². The summed E-state index contributed by atoms with van der Waals surface area (Å²) in [4.78, 5) is 97.0. The number of likely N-dealkylation sites (tertiary alicyclic amines) is 1. The van der Waals surface area contributed by atoms with Crippen LogP contribution in [-0.4, -0.2) is 176 Å². The molecule has 20 nitrogen and oxygen atoms in total. The third-order valence-electron chi connectivity index (χ3n) is 17.2. The average Bonchev–Trinajstić information content (AvgIpc) is 1.90. The van der Waals surface area contributed by atoms with E-state index in [1.165, 1.54) is 10.5 Å². The number of aliphatic hydroxyl groups is 1. The van der Waals surface area contributed by atoms with Crippen molar-refractivity contribution in [3.05, 3.63) is 127 Å². The number of piperazine rings is 1. The summed E-state index contributed by atoms with van der Waals surface area (Å²) in [5.74, 6) is -1.44. The van der Waals surface area contributed by atoms with Gasteiger partial charge in [0.1, 0.15) is 18.7 Å². The molecular formula is C68H94N10O10S. The summed E-state index contributed by atoms with van der Waals surface area (Å²) in [7, 11) is 0. The van der Waals surface area contributed by atoms with E-state index in [4.69, 9.17) is 14.2 Å². The minimum atomic E-state index is -0.954. The van der Waals surface area contributed by atoms with Gasteiger partial charge in [-0.1, -0.05) is 69.3 Å². The summed E-state index contributed by atoms with van der Waals surface area (Å²) in [6.45, 7) is 24.2. The number of aromatic nitrogens is 2. The van der Waals surface area contributed by atoms with E-state index in [-0.39, 0.29) is 55.9 Å². The Morgan fingerprint density at radius 1 is 0.798 bits per heavy atom. The molecule has 21 heteroatoms. The van der Waals surface area contributed by atoms with Crippen LogP contribution in [0.15, 0.2) is 77.0 Å². The van der Waals surface area contributed by atoms with Gasteiger partial charge >= 0.3 is 0 Å². The average molecular weight is 1240 g/mol. The highest BCUT2D eigenvalue weighted by Crippen LogP contribution is 2.35. The lowest BCUT2D eigenvalue weighted by Gasteiger charge is -2.37. The second-order valence-corrected chi connectivity index (χ2v) is 25.9. The lowest BCUT2D eigenvalue weighted by Crippen LogP contribution is -2.58. The molecule has 0 unspecified atom stereocenters. The minimum absolute atomic E-state index is 0.0119. The van der Waals surface area contributed by atoms with Crippen LogP contribution in [0, 0.1) is 33.1 Å². The molecule has 482 valence electrons. The quantitative estimate of drug-likeness (QED) is 0.0265. The number of thiazole rings is 1. The molecule has 5 aromatic rings. The Kier molecular flexibility index (Phi) is 25.1. The van der Waals surface area contributed by atoms with Crippen molar-refractivity contribution in [3.8, 4) is 21.6 Å². The van der Waals surface area contributed by atoms with Crippen molar-refractivity contribution in [2.75, 3.05) is 96.9 Å². The number of nitrogens with zero attached hydrogens (tertiary/aromatic N) is 5. The SMILES string of the molecule is CCN(c1cc(-c2ccc(CN3CCN(CC(=O)NCCCCCOCCCOCC(=O)N[C@H](C(=O)N4C[C@H](O)C[C@H]4C(=O)NCc4ccc(-c5scnc5C)cc4)C(C)(C)C)CC3)cc2)cc(C(=O)NCc2c(C)cc(C)[nH]c2=O)c1C)C1CCOCC1. The Hall–Kier alpha value is -6.85. The molecule has 89 heavy (non-hydrogen) atoms. The number of amides is 5. The molecular weight excluding hydrogens is 1150 g/mol. The molecule has 3 saturated heterocycles. The van der Waals surface area contributed by atoms with Crippen molar-refractivity contribution in [1.82, 2.24) is 45.9 Å². The van der Waals surface area contributed by atoms with Gasteiger partial charge in [-0.2, -0.15) is 0 Å². The number of pyridine rings is 1. The fourth-order valence-electron chi connectivity index (χ4n) is 12.1. The Labute approximate surface area is 528 Å². The Bertz CT molecular complexity index is 3220. The first-order chi connectivity index (χ1) is 42.8. The van der Waals surface area contributed by atoms with Crippen LogP contribution in [-0.2, 0) is 53.0 Å². The number of carbonyl (C=O) groups is 5. The summed E-state index contributed by atoms with van der Waals surface area (Å²) >= 11 is 1.57. The zero-order chi connectivity index (χ0) is 63.6. The molecule has 5 heterocycles. The first-order valence-corrected chi connectivity index (χ1v) is 32.6. The van der Waals surface area contributed by atoms with Crippen molar-refractivity contribution in [2.45, 2.75) is 144 Å². The van der Waals surface area contributed by atoms with Gasteiger partial charge in [0, 0.05) is 133 Å². The number of ether oxygens (including phenoxy) is 3. The minimum Gasteiger partial charge on any atom is -0.391 e. The molecule has 3 aliphatic heterocycles. The third kappa shape index (κ3) is 19.3. The van der Waals surface area contributed by atoms with Crippen LogP contribution in [0.5, 0.6) is 0 Å². The molecule has 3 aliphatic rings. The van der Waals surface area contributed by atoms with Gasteiger partial charge in [0.25, 0.3) is 11.5 Å². The van der Waals surface area contributed by atoms with Crippen LogP contribution in [0.25, 0.3) is 21.6 Å². The maximum atomic E-state index is 14.0. The number of aryl methyl sites for hydroxylation is 3. The van der Waals surface area contributed by atoms with Gasteiger partial charge in [-0.25, -0.2) is 4.98 Å². The number of hydrogen-bond acceptors (Lipinski definition) is 15. The van der Waals surface area contributed by atoms with Crippen LogP contribution in [0.1, 0.15) is 122 Å². The van der Waals surface area contributed by atoms with Gasteiger partial charge in [0.2, 0.25) is 23.6 Å². The number of benzene rings is 3. The lowest BCUT2D eigenvalue weighted by atomic mass is 9.85. The smallest absolute Gasteiger partial charge is 0.253 e. The predicted molar refractivity (Wildman–Crippen MR) is 348 cm³/mol. The van der Waals surface area contributed by atoms with E-state index in [9.17, 15) is 33.9 Å². The number of β-amino-alcohol motifs (C(OH)–C–C–N with tert-alkyl or cyclic N) is 1. The van der Waals surface area contributed by atoms with E-state index in [2.05, 4.69) is 83.2 Å². The molecule has 3 aromatic carbocycles. The lowest BCUT2D eigenvalue weighted by molar-refractivity contribution is -0.144. The molecule has 3 atom stereocenters. The maximum absolute atomic E-state index is 14.0. The fraction of sp³-hybridized carbons (Fsp3) is 0.544. The largest absolute Gasteiger partial charge is 0.391 e. The number of H-pyrrole nitrogens is 1. The van der Waals surface area contributed by atoms with E-state index in [0.29, 0.717) is 69.7 Å². The molecule has 0 saturated carbocycles. The molecule has 8 rings (SSSR count). The van der Waals surface area contributed by atoms with Crippen LogP contribution in [0.3, 0.4) is 0 Å². The Morgan fingerprint density at radius 3 is 2.17 bits per heavy atom.